The van der Waals surface area contributed by atoms with Gasteiger partial charge >= 0.3 is 0 Å². The number of hydrogen-bond acceptors (Lipinski definition) is 3. The first-order valence-electron chi connectivity index (χ1n) is 4.68. The molecule has 16 heavy (non-hydrogen) atoms. The van der Waals surface area contributed by atoms with Crippen molar-refractivity contribution < 1.29 is 8.78 Å². The molecule has 1 aromatic carbocycles. The summed E-state index contributed by atoms with van der Waals surface area (Å²) in [4.78, 5) is 0. The summed E-state index contributed by atoms with van der Waals surface area (Å²) >= 11 is 0. The molecule has 6 heteroatoms. The third-order valence-corrected chi connectivity index (χ3v) is 2.39. The number of aromatic nitrogens is 3. The van der Waals surface area contributed by atoms with E-state index in [1.165, 1.54) is 22.9 Å². The lowest BCUT2D eigenvalue weighted by Crippen LogP contribution is -2.08. The normalized spacial score (nSPS) is 10.7. The molecule has 2 N–H and O–H groups in total. The summed E-state index contributed by atoms with van der Waals surface area (Å²) in [6, 6.07) is 3.72. The molecule has 2 aromatic rings. The predicted octanol–water partition coefficient (Wildman–Crippen LogP) is 1.50. The van der Waals surface area contributed by atoms with E-state index in [4.69, 9.17) is 5.73 Å². The highest BCUT2D eigenvalue weighted by atomic mass is 19.1. The summed E-state index contributed by atoms with van der Waals surface area (Å²) in [5, 5.41) is 7.32. The number of benzene rings is 1. The molecular weight excluding hydrogens is 214 g/mol. The molecule has 1 heterocycles. The maximum Gasteiger partial charge on any atom is 0.168 e. The average Bonchev–Trinajstić information content (AvgIpc) is 2.55. The second kappa shape index (κ2) is 3.88. The summed E-state index contributed by atoms with van der Waals surface area (Å²) in [6.07, 6.45) is 0. The second-order valence-corrected chi connectivity index (χ2v) is 3.42. The van der Waals surface area contributed by atoms with Crippen molar-refractivity contribution in [3.05, 3.63) is 41.1 Å². The minimum atomic E-state index is -0.603. The molecule has 4 nitrogen and oxygen atoms in total. The van der Waals surface area contributed by atoms with Crippen molar-refractivity contribution in [1.82, 2.24) is 15.0 Å². The Balaban J connectivity index is 2.38. The van der Waals surface area contributed by atoms with Crippen LogP contribution in [0.2, 0.25) is 0 Å². The van der Waals surface area contributed by atoms with Crippen molar-refractivity contribution in [3.63, 3.8) is 0 Å². The Kier molecular flexibility index (Phi) is 2.55. The summed E-state index contributed by atoms with van der Waals surface area (Å²) in [7, 11) is 0. The Hall–Kier alpha value is -1.98. The van der Waals surface area contributed by atoms with E-state index in [1.54, 1.807) is 6.92 Å². The topological polar surface area (TPSA) is 56.7 Å². The van der Waals surface area contributed by atoms with Crippen molar-refractivity contribution in [2.45, 2.75) is 13.5 Å². The zero-order chi connectivity index (χ0) is 11.7. The third kappa shape index (κ3) is 1.73. The minimum Gasteiger partial charge on any atom is -0.381 e. The molecule has 0 bridgehead atoms. The fourth-order valence-corrected chi connectivity index (χ4v) is 1.36. The molecular formula is C10H10F2N4. The number of nitrogens with zero attached hydrogens (tertiary/aromatic N) is 3. The van der Waals surface area contributed by atoms with Gasteiger partial charge in [0.15, 0.2) is 5.82 Å². The van der Waals surface area contributed by atoms with E-state index >= 15 is 0 Å². The molecule has 0 amide bonds. The minimum absolute atomic E-state index is 0.0193. The van der Waals surface area contributed by atoms with Gasteiger partial charge in [0.1, 0.15) is 11.6 Å². The molecule has 1 aromatic heterocycles. The number of hydrogen-bond donors (Lipinski definition) is 1. The molecule has 0 saturated heterocycles. The standard InChI is InChI=1S/C10H10F2N4/c1-6-10(13)14-15-16(6)5-7-8(11)3-2-4-9(7)12/h2-4H,5,13H2,1H3. The molecule has 0 unspecified atom stereocenters. The van der Waals surface area contributed by atoms with Gasteiger partial charge in [0.2, 0.25) is 0 Å². The number of nitrogens with two attached hydrogens (primary N) is 1. The van der Waals surface area contributed by atoms with Crippen molar-refractivity contribution in [2.24, 2.45) is 0 Å². The fraction of sp³-hybridized carbons (Fsp3) is 0.200. The molecule has 0 radical (unpaired) electrons. The van der Waals surface area contributed by atoms with E-state index < -0.39 is 11.6 Å². The lowest BCUT2D eigenvalue weighted by atomic mass is 10.2. The first-order chi connectivity index (χ1) is 7.59. The summed E-state index contributed by atoms with van der Waals surface area (Å²) in [6.45, 7) is 1.67. The summed E-state index contributed by atoms with van der Waals surface area (Å²) in [5.74, 6) is -0.946. The van der Waals surface area contributed by atoms with Crippen LogP contribution >= 0.6 is 0 Å². The Morgan fingerprint density at radius 1 is 1.31 bits per heavy atom. The van der Waals surface area contributed by atoms with E-state index in [2.05, 4.69) is 10.3 Å². The van der Waals surface area contributed by atoms with Crippen molar-refractivity contribution in [1.29, 1.82) is 0 Å². The van der Waals surface area contributed by atoms with Crippen molar-refractivity contribution in [3.8, 4) is 0 Å². The van der Waals surface area contributed by atoms with Crippen LogP contribution < -0.4 is 5.73 Å². The van der Waals surface area contributed by atoms with Gasteiger partial charge in [0, 0.05) is 5.56 Å². The van der Waals surface area contributed by atoms with Crippen LogP contribution in [-0.4, -0.2) is 15.0 Å². The molecule has 0 aliphatic heterocycles. The van der Waals surface area contributed by atoms with Gasteiger partial charge in [0.05, 0.1) is 12.2 Å². The zero-order valence-electron chi connectivity index (χ0n) is 8.61. The maximum atomic E-state index is 13.3. The predicted molar refractivity (Wildman–Crippen MR) is 54.6 cm³/mol. The average molecular weight is 224 g/mol. The van der Waals surface area contributed by atoms with Crippen LogP contribution in [0.4, 0.5) is 14.6 Å². The van der Waals surface area contributed by atoms with Crippen LogP contribution in [0.5, 0.6) is 0 Å². The molecule has 0 spiro atoms. The van der Waals surface area contributed by atoms with E-state index in [1.807, 2.05) is 0 Å². The van der Waals surface area contributed by atoms with Gasteiger partial charge < -0.3 is 5.73 Å². The molecule has 2 rings (SSSR count). The van der Waals surface area contributed by atoms with Gasteiger partial charge in [-0.15, -0.1) is 5.10 Å². The highest BCUT2D eigenvalue weighted by Gasteiger charge is 2.12. The van der Waals surface area contributed by atoms with Gasteiger partial charge in [-0.25, -0.2) is 13.5 Å². The smallest absolute Gasteiger partial charge is 0.168 e. The lowest BCUT2D eigenvalue weighted by molar-refractivity contribution is 0.524. The van der Waals surface area contributed by atoms with Gasteiger partial charge in [-0.3, -0.25) is 0 Å². The van der Waals surface area contributed by atoms with Crippen LogP contribution in [-0.2, 0) is 6.54 Å². The lowest BCUT2D eigenvalue weighted by Gasteiger charge is -2.05. The molecule has 0 aliphatic carbocycles. The third-order valence-electron chi connectivity index (χ3n) is 2.39. The van der Waals surface area contributed by atoms with Crippen LogP contribution in [0.15, 0.2) is 18.2 Å². The largest absolute Gasteiger partial charge is 0.381 e. The first kappa shape index (κ1) is 10.5. The summed E-state index contributed by atoms with van der Waals surface area (Å²) < 4.78 is 28.0. The van der Waals surface area contributed by atoms with Gasteiger partial charge in [-0.05, 0) is 19.1 Å². The van der Waals surface area contributed by atoms with Crippen LogP contribution in [0.3, 0.4) is 0 Å². The quantitative estimate of drug-likeness (QED) is 0.840. The molecule has 0 saturated carbocycles. The monoisotopic (exact) mass is 224 g/mol. The molecule has 0 fully saturated rings. The van der Waals surface area contributed by atoms with Crippen molar-refractivity contribution in [2.75, 3.05) is 5.73 Å². The van der Waals surface area contributed by atoms with Gasteiger partial charge in [-0.1, -0.05) is 11.3 Å². The van der Waals surface area contributed by atoms with E-state index in [-0.39, 0.29) is 17.9 Å². The SMILES string of the molecule is Cc1c(N)nnn1Cc1c(F)cccc1F. The second-order valence-electron chi connectivity index (χ2n) is 3.42. The van der Waals surface area contributed by atoms with Crippen LogP contribution in [0.25, 0.3) is 0 Å². The highest BCUT2D eigenvalue weighted by Crippen LogP contribution is 2.15. The summed E-state index contributed by atoms with van der Waals surface area (Å²) in [5.41, 5.74) is 6.03. The Bertz CT molecular complexity index is 501. The number of nitrogen functional groups attached to an aromatic ring is 1. The molecule has 0 atom stereocenters. The first-order valence-corrected chi connectivity index (χ1v) is 4.68. The van der Waals surface area contributed by atoms with Gasteiger partial charge in [-0.2, -0.15) is 0 Å². The number of anilines is 1. The van der Waals surface area contributed by atoms with Crippen molar-refractivity contribution >= 4 is 5.82 Å². The van der Waals surface area contributed by atoms with E-state index in [0.717, 1.165) is 0 Å². The Morgan fingerprint density at radius 2 is 1.94 bits per heavy atom. The van der Waals surface area contributed by atoms with E-state index in [0.29, 0.717) is 5.69 Å². The zero-order valence-corrected chi connectivity index (χ0v) is 8.61. The Morgan fingerprint density at radius 3 is 2.44 bits per heavy atom. The van der Waals surface area contributed by atoms with Gasteiger partial charge in [0.25, 0.3) is 0 Å². The highest BCUT2D eigenvalue weighted by molar-refractivity contribution is 5.32. The number of rotatable bonds is 2. The number of halogens is 2. The van der Waals surface area contributed by atoms with Crippen LogP contribution in [0, 0.1) is 18.6 Å². The van der Waals surface area contributed by atoms with E-state index in [9.17, 15) is 8.78 Å². The molecule has 84 valence electrons. The maximum absolute atomic E-state index is 13.3. The fourth-order valence-electron chi connectivity index (χ4n) is 1.36. The van der Waals surface area contributed by atoms with Crippen LogP contribution in [0.1, 0.15) is 11.3 Å². The molecule has 0 aliphatic rings. The Labute approximate surface area is 90.7 Å².